The molecule has 0 saturated heterocycles. The van der Waals surface area contributed by atoms with Gasteiger partial charge in [-0.15, -0.1) is 0 Å². The van der Waals surface area contributed by atoms with Gasteiger partial charge < -0.3 is 15.2 Å². The lowest BCUT2D eigenvalue weighted by Gasteiger charge is -2.14. The fourth-order valence-corrected chi connectivity index (χ4v) is 4.73. The topological polar surface area (TPSA) is 97.5 Å². The van der Waals surface area contributed by atoms with Crippen molar-refractivity contribution in [2.45, 2.75) is 26.1 Å². The van der Waals surface area contributed by atoms with Crippen molar-refractivity contribution in [2.24, 2.45) is 0 Å². The minimum absolute atomic E-state index is 0.00886. The normalized spacial score (nSPS) is 11.5. The van der Waals surface area contributed by atoms with Crippen molar-refractivity contribution in [2.75, 3.05) is 10.6 Å². The van der Waals surface area contributed by atoms with E-state index in [9.17, 15) is 27.6 Å². The van der Waals surface area contributed by atoms with Crippen LogP contribution in [0, 0.1) is 0 Å². The molecule has 0 unspecified atom stereocenters. The van der Waals surface area contributed by atoms with Gasteiger partial charge in [0.15, 0.2) is 0 Å². The van der Waals surface area contributed by atoms with Gasteiger partial charge in [-0.1, -0.05) is 49.9 Å². The number of para-hydroxylation sites is 3. The second kappa shape index (κ2) is 10.8. The van der Waals surface area contributed by atoms with Crippen molar-refractivity contribution >= 4 is 40.0 Å². The molecule has 41 heavy (non-hydrogen) atoms. The number of nitrogens with zero attached hydrogens (tertiary/aromatic N) is 3. The van der Waals surface area contributed by atoms with Crippen molar-refractivity contribution in [1.29, 1.82) is 0 Å². The first-order valence-corrected chi connectivity index (χ1v) is 12.6. The Morgan fingerprint density at radius 2 is 1.68 bits per heavy atom. The summed E-state index contributed by atoms with van der Waals surface area (Å²) < 4.78 is 42.4. The van der Waals surface area contributed by atoms with Crippen LogP contribution in [0.2, 0.25) is 0 Å². The Kier molecular flexibility index (Phi) is 7.19. The molecule has 0 aliphatic heterocycles. The van der Waals surface area contributed by atoms with Gasteiger partial charge in [0.05, 0.1) is 27.9 Å². The number of halogens is 3. The Hall–Kier alpha value is -5.19. The zero-order chi connectivity index (χ0) is 29.3. The van der Waals surface area contributed by atoms with E-state index in [4.69, 9.17) is 4.98 Å². The number of fused-ring (bicyclic) bond motifs is 3. The Morgan fingerprint density at radius 3 is 2.39 bits per heavy atom. The lowest BCUT2D eigenvalue weighted by atomic mass is 10.0. The van der Waals surface area contributed by atoms with Crippen LogP contribution in [0.15, 0.2) is 90.2 Å². The number of carbonyl (C=O) groups excluding carboxylic acids is 2. The Bertz CT molecular complexity index is 1890. The van der Waals surface area contributed by atoms with Crippen molar-refractivity contribution in [3.63, 3.8) is 0 Å². The van der Waals surface area contributed by atoms with Gasteiger partial charge in [0.2, 0.25) is 17.6 Å². The number of benzene rings is 3. The van der Waals surface area contributed by atoms with Crippen LogP contribution in [0.3, 0.4) is 0 Å². The molecule has 0 atom stereocenters. The van der Waals surface area contributed by atoms with E-state index >= 15 is 0 Å². The fourth-order valence-electron chi connectivity index (χ4n) is 4.73. The summed E-state index contributed by atoms with van der Waals surface area (Å²) in [5.41, 5.74) is 1.35. The third-order valence-electron chi connectivity index (χ3n) is 6.55. The Morgan fingerprint density at radius 1 is 0.976 bits per heavy atom. The van der Waals surface area contributed by atoms with E-state index < -0.39 is 29.1 Å². The van der Waals surface area contributed by atoms with E-state index in [1.807, 2.05) is 6.92 Å². The minimum Gasteiger partial charge on any atom is -0.325 e. The number of anilines is 2. The molecule has 208 valence electrons. The molecule has 11 heteroatoms. The molecule has 0 aliphatic rings. The van der Waals surface area contributed by atoms with Crippen LogP contribution in [-0.2, 0) is 28.7 Å². The largest absolute Gasteiger partial charge is 0.416 e. The molecule has 0 bridgehead atoms. The van der Waals surface area contributed by atoms with Crippen LogP contribution < -0.4 is 16.2 Å². The number of amides is 2. The molecule has 2 aromatic heterocycles. The van der Waals surface area contributed by atoms with E-state index in [0.717, 1.165) is 18.2 Å². The summed E-state index contributed by atoms with van der Waals surface area (Å²) in [6.45, 7) is 5.00. The smallest absolute Gasteiger partial charge is 0.325 e. The minimum atomic E-state index is -4.56. The van der Waals surface area contributed by atoms with Gasteiger partial charge in [-0.2, -0.15) is 13.2 Å². The summed E-state index contributed by atoms with van der Waals surface area (Å²) in [6.07, 6.45) is -3.06. The molecule has 0 spiro atoms. The lowest BCUT2D eigenvalue weighted by molar-refractivity contribution is -0.137. The summed E-state index contributed by atoms with van der Waals surface area (Å²) in [6, 6.07) is 18.1. The highest BCUT2D eigenvalue weighted by Crippen LogP contribution is 2.31. The fraction of sp³-hybridized carbons (Fsp3) is 0.133. The first kappa shape index (κ1) is 27.4. The molecule has 5 rings (SSSR count). The van der Waals surface area contributed by atoms with Crippen molar-refractivity contribution in [3.8, 4) is 11.1 Å². The van der Waals surface area contributed by atoms with E-state index in [1.165, 1.54) is 16.5 Å². The van der Waals surface area contributed by atoms with Crippen molar-refractivity contribution in [3.05, 3.63) is 107 Å². The summed E-state index contributed by atoms with van der Waals surface area (Å²) in [7, 11) is 0. The third-order valence-corrected chi connectivity index (χ3v) is 6.55. The maximum absolute atomic E-state index is 14.1. The summed E-state index contributed by atoms with van der Waals surface area (Å²) in [4.78, 5) is 44.0. The summed E-state index contributed by atoms with van der Waals surface area (Å²) in [5, 5.41) is 5.24. The number of hydrogen-bond donors (Lipinski definition) is 2. The number of rotatable bonds is 7. The first-order valence-electron chi connectivity index (χ1n) is 12.6. The lowest BCUT2D eigenvalue weighted by Crippen LogP contribution is -2.23. The van der Waals surface area contributed by atoms with Crippen LogP contribution in [0.5, 0.6) is 0 Å². The molecule has 0 fully saturated rings. The first-order chi connectivity index (χ1) is 19.6. The number of carbonyl (C=O) groups is 2. The zero-order valence-corrected chi connectivity index (χ0v) is 21.8. The monoisotopic (exact) mass is 559 g/mol. The van der Waals surface area contributed by atoms with Crippen LogP contribution >= 0.6 is 0 Å². The van der Waals surface area contributed by atoms with E-state index in [2.05, 4.69) is 17.2 Å². The second-order valence-electron chi connectivity index (χ2n) is 9.17. The number of aryl methyl sites for hydroxylation is 1. The molecule has 2 amide bonds. The van der Waals surface area contributed by atoms with Crippen LogP contribution in [-0.4, -0.2) is 25.8 Å². The predicted molar refractivity (Wildman–Crippen MR) is 151 cm³/mol. The molecule has 0 radical (unpaired) electrons. The van der Waals surface area contributed by atoms with E-state index in [0.29, 0.717) is 40.0 Å². The maximum Gasteiger partial charge on any atom is 0.416 e. The van der Waals surface area contributed by atoms with Crippen LogP contribution in [0.25, 0.3) is 27.9 Å². The molecule has 0 aliphatic carbocycles. The van der Waals surface area contributed by atoms with Gasteiger partial charge in [-0.25, -0.2) is 9.38 Å². The quantitative estimate of drug-likeness (QED) is 0.252. The molecular formula is C30H24F3N5O3. The van der Waals surface area contributed by atoms with Gasteiger partial charge >= 0.3 is 6.18 Å². The van der Waals surface area contributed by atoms with E-state index in [1.54, 1.807) is 53.1 Å². The molecule has 8 nitrogen and oxygen atoms in total. The average Bonchev–Trinajstić information content (AvgIpc) is 3.26. The Labute approximate surface area is 231 Å². The average molecular weight is 560 g/mol. The van der Waals surface area contributed by atoms with Gasteiger partial charge in [0.1, 0.15) is 6.54 Å². The number of alkyl halides is 3. The molecule has 3 aromatic carbocycles. The predicted octanol–water partition coefficient (Wildman–Crippen LogP) is 5.66. The number of nitrogens with one attached hydrogen (secondary N) is 2. The standard InChI is InChI=1S/C30H24F3N5O3/c1-3-21-27(20-12-5-6-13-22(20)35-25(39)4-2)28(41)38-24-15-8-7-14-23(24)37(29(38)36-21)17-26(40)34-19-11-9-10-18(16-19)30(31,32)33/h4-16H,2-3,17H2,1H3,(H,34,40)(H,35,39). The Balaban J connectivity index is 1.64. The highest BCUT2D eigenvalue weighted by atomic mass is 19.4. The maximum atomic E-state index is 14.1. The van der Waals surface area contributed by atoms with Gasteiger partial charge in [0.25, 0.3) is 5.56 Å². The summed E-state index contributed by atoms with van der Waals surface area (Å²) >= 11 is 0. The van der Waals surface area contributed by atoms with Gasteiger partial charge in [-0.3, -0.25) is 14.4 Å². The third kappa shape index (κ3) is 5.21. The molecule has 5 aromatic rings. The second-order valence-corrected chi connectivity index (χ2v) is 9.17. The highest BCUT2D eigenvalue weighted by Gasteiger charge is 2.30. The van der Waals surface area contributed by atoms with Crippen LogP contribution in [0.1, 0.15) is 18.2 Å². The zero-order valence-electron chi connectivity index (χ0n) is 21.8. The van der Waals surface area contributed by atoms with Crippen molar-refractivity contribution < 1.29 is 22.8 Å². The molecule has 0 saturated carbocycles. The SMILES string of the molecule is C=CC(=O)Nc1ccccc1-c1c(CC)nc2n(CC(=O)Nc3cccc(C(F)(F)F)c3)c3ccccc3n2c1=O. The van der Waals surface area contributed by atoms with E-state index in [-0.39, 0.29) is 18.0 Å². The highest BCUT2D eigenvalue weighted by molar-refractivity contribution is 6.02. The molecule has 2 heterocycles. The molecule has 2 N–H and O–H groups in total. The van der Waals surface area contributed by atoms with Crippen molar-refractivity contribution in [1.82, 2.24) is 14.0 Å². The number of imidazole rings is 1. The molecular weight excluding hydrogens is 535 g/mol. The number of aromatic nitrogens is 3. The summed E-state index contributed by atoms with van der Waals surface area (Å²) in [5.74, 6) is -0.835. The van der Waals surface area contributed by atoms with Gasteiger partial charge in [0, 0.05) is 16.9 Å². The van der Waals surface area contributed by atoms with Gasteiger partial charge in [-0.05, 0) is 48.9 Å². The van der Waals surface area contributed by atoms with Crippen LogP contribution in [0.4, 0.5) is 24.5 Å². The number of hydrogen-bond acceptors (Lipinski definition) is 4.